The molecule has 0 saturated carbocycles. The number of halogens is 1. The van der Waals surface area contributed by atoms with E-state index >= 15 is 0 Å². The number of nitrogens with one attached hydrogen (secondary N) is 3. The summed E-state index contributed by atoms with van der Waals surface area (Å²) in [7, 11) is 0. The molecule has 3 heterocycles. The van der Waals surface area contributed by atoms with Crippen LogP contribution < -0.4 is 26.5 Å². The van der Waals surface area contributed by atoms with E-state index in [9.17, 15) is 0 Å². The van der Waals surface area contributed by atoms with Gasteiger partial charge in [0.25, 0.3) is 0 Å². The van der Waals surface area contributed by atoms with Gasteiger partial charge in [0.05, 0.1) is 5.35 Å². The van der Waals surface area contributed by atoms with Crippen LogP contribution in [0, 0.1) is 0 Å². The predicted octanol–water partition coefficient (Wildman–Crippen LogP) is 0.322. The third-order valence-electron chi connectivity index (χ3n) is 3.80. The number of piperidine rings is 1. The minimum atomic E-state index is -0.176. The van der Waals surface area contributed by atoms with Crippen LogP contribution in [0.2, 0.25) is 0 Å². The SMILES string of the molecule is CC1(Nc2ccc3c(n2)=CC(Cl)NC=3)CCNCC1. The molecule has 1 aromatic heterocycles. The second-order valence-corrected chi connectivity index (χ2v) is 5.96. The lowest BCUT2D eigenvalue weighted by atomic mass is 9.90. The molecule has 2 aliphatic heterocycles. The van der Waals surface area contributed by atoms with Crippen molar-refractivity contribution in [2.45, 2.75) is 30.8 Å². The molecule has 0 radical (unpaired) electrons. The highest BCUT2D eigenvalue weighted by molar-refractivity contribution is 6.23. The molecule has 1 unspecified atom stereocenters. The first-order chi connectivity index (χ1) is 9.15. The predicted molar refractivity (Wildman–Crippen MR) is 79.3 cm³/mol. The van der Waals surface area contributed by atoms with Crippen molar-refractivity contribution in [2.75, 3.05) is 18.4 Å². The van der Waals surface area contributed by atoms with E-state index < -0.39 is 0 Å². The maximum Gasteiger partial charge on any atom is 0.127 e. The Kier molecular flexibility index (Phi) is 3.37. The molecule has 0 spiro atoms. The summed E-state index contributed by atoms with van der Waals surface area (Å²) in [5.41, 5.74) is -0.0477. The summed E-state index contributed by atoms with van der Waals surface area (Å²) < 4.78 is 0. The molecule has 2 aliphatic rings. The summed E-state index contributed by atoms with van der Waals surface area (Å²) in [5.74, 6) is 0.929. The van der Waals surface area contributed by atoms with Crippen LogP contribution in [0.15, 0.2) is 12.1 Å². The average molecular weight is 279 g/mol. The standard InChI is InChI=1S/C14H19ClN4/c1-14(4-6-16-7-5-14)19-13-3-2-10-9-17-12(15)8-11(10)18-13/h2-3,8-9,12,16-17H,4-7H2,1H3,(H,18,19). The minimum Gasteiger partial charge on any atom is -0.371 e. The van der Waals surface area contributed by atoms with Crippen LogP contribution in [0.25, 0.3) is 12.3 Å². The summed E-state index contributed by atoms with van der Waals surface area (Å²) in [5, 5.41) is 12.0. The number of pyridine rings is 1. The summed E-state index contributed by atoms with van der Waals surface area (Å²) in [4.78, 5) is 4.66. The largest absolute Gasteiger partial charge is 0.371 e. The second-order valence-electron chi connectivity index (χ2n) is 5.49. The third kappa shape index (κ3) is 2.85. The average Bonchev–Trinajstić information content (AvgIpc) is 2.38. The molecule has 0 bridgehead atoms. The number of nitrogens with zero attached hydrogens (tertiary/aromatic N) is 1. The van der Waals surface area contributed by atoms with Crippen molar-refractivity contribution in [3.8, 4) is 0 Å². The maximum absolute atomic E-state index is 6.05. The molecule has 3 rings (SSSR count). The van der Waals surface area contributed by atoms with Gasteiger partial charge >= 0.3 is 0 Å². The van der Waals surface area contributed by atoms with Crippen LogP contribution in [0.4, 0.5) is 5.82 Å². The van der Waals surface area contributed by atoms with E-state index in [-0.39, 0.29) is 11.0 Å². The van der Waals surface area contributed by atoms with Crippen molar-refractivity contribution in [3.63, 3.8) is 0 Å². The van der Waals surface area contributed by atoms with Gasteiger partial charge in [-0.3, -0.25) is 0 Å². The van der Waals surface area contributed by atoms with E-state index in [0.29, 0.717) is 0 Å². The molecular formula is C14H19ClN4. The van der Waals surface area contributed by atoms with Gasteiger partial charge in [-0.2, -0.15) is 0 Å². The van der Waals surface area contributed by atoms with E-state index in [1.807, 2.05) is 18.3 Å². The van der Waals surface area contributed by atoms with Crippen molar-refractivity contribution in [2.24, 2.45) is 0 Å². The van der Waals surface area contributed by atoms with E-state index in [1.54, 1.807) is 0 Å². The number of hydrogen-bond acceptors (Lipinski definition) is 4. The van der Waals surface area contributed by atoms with Crippen LogP contribution in [0.5, 0.6) is 0 Å². The molecule has 1 aromatic rings. The van der Waals surface area contributed by atoms with Crippen LogP contribution in [0.3, 0.4) is 0 Å². The van der Waals surface area contributed by atoms with Crippen molar-refractivity contribution in [1.29, 1.82) is 0 Å². The normalized spacial score (nSPS) is 24.4. The van der Waals surface area contributed by atoms with Gasteiger partial charge in [-0.1, -0.05) is 11.6 Å². The number of aromatic nitrogens is 1. The van der Waals surface area contributed by atoms with Gasteiger partial charge < -0.3 is 16.0 Å². The molecule has 0 amide bonds. The van der Waals surface area contributed by atoms with Crippen LogP contribution >= 0.6 is 11.6 Å². The van der Waals surface area contributed by atoms with Gasteiger partial charge in [0.1, 0.15) is 11.3 Å². The highest BCUT2D eigenvalue weighted by Crippen LogP contribution is 2.21. The molecular weight excluding hydrogens is 260 g/mol. The van der Waals surface area contributed by atoms with Crippen molar-refractivity contribution >= 4 is 29.7 Å². The number of fused-ring (bicyclic) bond motifs is 1. The maximum atomic E-state index is 6.05. The van der Waals surface area contributed by atoms with Crippen LogP contribution in [-0.4, -0.2) is 29.1 Å². The second kappa shape index (κ2) is 5.02. The number of alkyl halides is 1. The van der Waals surface area contributed by atoms with Crippen molar-refractivity contribution in [3.05, 3.63) is 22.7 Å². The van der Waals surface area contributed by atoms with Crippen LogP contribution in [-0.2, 0) is 0 Å². The molecule has 1 fully saturated rings. The molecule has 102 valence electrons. The lowest BCUT2D eigenvalue weighted by Gasteiger charge is -2.35. The Bertz CT molecular complexity index is 578. The van der Waals surface area contributed by atoms with E-state index in [0.717, 1.165) is 42.3 Å². The van der Waals surface area contributed by atoms with E-state index in [1.165, 1.54) is 0 Å². The number of hydrogen-bond donors (Lipinski definition) is 3. The number of anilines is 1. The molecule has 19 heavy (non-hydrogen) atoms. The Balaban J connectivity index is 1.87. The summed E-state index contributed by atoms with van der Waals surface area (Å²) in [6.07, 6.45) is 6.07. The molecule has 3 N–H and O–H groups in total. The van der Waals surface area contributed by atoms with Crippen LogP contribution in [0.1, 0.15) is 19.8 Å². The van der Waals surface area contributed by atoms with E-state index in [2.05, 4.69) is 33.9 Å². The molecule has 0 aromatic carbocycles. The lowest BCUT2D eigenvalue weighted by Crippen LogP contribution is -2.46. The number of rotatable bonds is 2. The fraction of sp³-hybridized carbons (Fsp3) is 0.500. The van der Waals surface area contributed by atoms with Gasteiger partial charge in [-0.25, -0.2) is 4.98 Å². The first-order valence-electron chi connectivity index (χ1n) is 6.73. The Morgan fingerprint density at radius 3 is 2.95 bits per heavy atom. The van der Waals surface area contributed by atoms with Gasteiger partial charge in [-0.05, 0) is 51.1 Å². The highest BCUT2D eigenvalue weighted by atomic mass is 35.5. The van der Waals surface area contributed by atoms with Gasteiger partial charge in [-0.15, -0.1) is 0 Å². The highest BCUT2D eigenvalue weighted by Gasteiger charge is 2.26. The molecule has 1 saturated heterocycles. The van der Waals surface area contributed by atoms with Gasteiger partial charge in [0, 0.05) is 17.0 Å². The molecule has 5 heteroatoms. The van der Waals surface area contributed by atoms with Crippen molar-refractivity contribution in [1.82, 2.24) is 15.6 Å². The Hall–Kier alpha value is -1.26. The first kappa shape index (κ1) is 12.8. The molecule has 0 aliphatic carbocycles. The minimum absolute atomic E-state index is 0.128. The zero-order chi connectivity index (χ0) is 13.3. The third-order valence-corrected chi connectivity index (χ3v) is 4.05. The zero-order valence-electron chi connectivity index (χ0n) is 11.0. The Morgan fingerprint density at radius 2 is 2.16 bits per heavy atom. The van der Waals surface area contributed by atoms with Gasteiger partial charge in [0.15, 0.2) is 0 Å². The Morgan fingerprint density at radius 1 is 1.37 bits per heavy atom. The fourth-order valence-corrected chi connectivity index (χ4v) is 2.76. The zero-order valence-corrected chi connectivity index (χ0v) is 11.8. The Labute approximate surface area is 117 Å². The quantitative estimate of drug-likeness (QED) is 0.539. The molecule has 1 atom stereocenters. The fourth-order valence-electron chi connectivity index (χ4n) is 2.58. The lowest BCUT2D eigenvalue weighted by molar-refractivity contribution is 0.364. The van der Waals surface area contributed by atoms with Crippen molar-refractivity contribution < 1.29 is 0 Å². The topological polar surface area (TPSA) is 49.0 Å². The summed E-state index contributed by atoms with van der Waals surface area (Å²) in [6.45, 7) is 4.38. The van der Waals surface area contributed by atoms with E-state index in [4.69, 9.17) is 11.6 Å². The molecule has 4 nitrogen and oxygen atoms in total. The summed E-state index contributed by atoms with van der Waals surface area (Å²) in [6, 6.07) is 4.11. The first-order valence-corrected chi connectivity index (χ1v) is 7.16. The smallest absolute Gasteiger partial charge is 0.127 e. The summed E-state index contributed by atoms with van der Waals surface area (Å²) >= 11 is 6.05. The monoisotopic (exact) mass is 278 g/mol. The van der Waals surface area contributed by atoms with Gasteiger partial charge in [0.2, 0.25) is 0 Å².